The van der Waals surface area contributed by atoms with Crippen molar-refractivity contribution in [2.75, 3.05) is 36.3 Å². The molecule has 13 atom stereocenters. The maximum Gasteiger partial charge on any atom is 0.414 e. The summed E-state index contributed by atoms with van der Waals surface area (Å²) in [5.74, 6) is -4.71. The van der Waals surface area contributed by atoms with Crippen molar-refractivity contribution in [3.63, 3.8) is 0 Å². The molecule has 5 heterocycles. The lowest BCUT2D eigenvalue weighted by Crippen LogP contribution is -2.44. The summed E-state index contributed by atoms with van der Waals surface area (Å²) in [6.07, 6.45) is 11.8. The zero-order chi connectivity index (χ0) is 87.0. The van der Waals surface area contributed by atoms with Crippen LogP contribution >= 0.6 is 0 Å². The molecule has 2 saturated heterocycles. The molecule has 115 heavy (non-hydrogen) atoms. The Morgan fingerprint density at radius 1 is 0.496 bits per heavy atom. The highest BCUT2D eigenvalue weighted by molar-refractivity contribution is 6.75. The summed E-state index contributed by atoms with van der Waals surface area (Å²) < 4.78 is 66.6. The third-order valence-corrected chi connectivity index (χ3v) is 29.9. The predicted octanol–water partition coefficient (Wildman–Crippen LogP) is 17.0. The molecule has 0 radical (unpaired) electrons. The molecule has 0 spiro atoms. The van der Waals surface area contributed by atoms with Crippen molar-refractivity contribution >= 4 is 93.6 Å². The number of phenolic OH excluding ortho intramolecular Hbond substituents is 1. The molecule has 0 aromatic heterocycles. The van der Waals surface area contributed by atoms with Crippen LogP contribution in [0.25, 0.3) is 18.2 Å². The molecule has 0 saturated carbocycles. The summed E-state index contributed by atoms with van der Waals surface area (Å²) in [5.41, 5.74) is 2.18. The number of rotatable bonds is 7. The number of amides is 2. The Bertz CT molecular complexity index is 4180. The van der Waals surface area contributed by atoms with Gasteiger partial charge < -0.3 is 77.2 Å². The highest BCUT2D eigenvalue weighted by Gasteiger charge is 2.47. The third-order valence-electron chi connectivity index (χ3n) is 21.3. The number of aromatic hydroxyl groups is 1. The average Bonchev–Trinajstić information content (AvgIpc) is 1.56. The largest absolute Gasteiger partial charge is 0.543 e. The Hall–Kier alpha value is -8.26. The van der Waals surface area contributed by atoms with E-state index in [0.29, 0.717) is 58.1 Å². The number of anilines is 3. The van der Waals surface area contributed by atoms with Gasteiger partial charge in [0.15, 0.2) is 23.1 Å². The molecule has 3 aromatic carbocycles. The molecule has 27 heteroatoms. The van der Waals surface area contributed by atoms with Crippen molar-refractivity contribution in [2.45, 2.75) is 292 Å². The van der Waals surface area contributed by atoms with Gasteiger partial charge in [-0.2, -0.15) is 0 Å². The lowest BCUT2D eigenvalue weighted by Gasteiger charge is -2.37. The highest BCUT2D eigenvalue weighted by Crippen LogP contribution is 2.45. The molecular weight excluding hydrogens is 1510 g/mol. The second kappa shape index (κ2) is 38.0. The van der Waals surface area contributed by atoms with E-state index in [4.69, 9.17) is 51.5 Å². The Morgan fingerprint density at radius 3 is 1.30 bits per heavy atom. The van der Waals surface area contributed by atoms with Gasteiger partial charge in [-0.05, 0) is 193 Å². The minimum absolute atomic E-state index is 0.00820. The summed E-state index contributed by atoms with van der Waals surface area (Å²) in [4.78, 5) is 94.7. The number of phenols is 1. The molecule has 0 bridgehead atoms. The number of aliphatic hydroxyl groups is 3. The van der Waals surface area contributed by atoms with E-state index in [1.165, 1.54) is 46.2 Å². The van der Waals surface area contributed by atoms with Gasteiger partial charge in [0.05, 0.1) is 29.7 Å². The van der Waals surface area contributed by atoms with Crippen LogP contribution in [0.4, 0.5) is 26.7 Å². The number of esters is 3. The normalized spacial score (nSPS) is 27.1. The van der Waals surface area contributed by atoms with E-state index in [9.17, 15) is 54.0 Å². The molecular formula is C88H129N3O22Si2. The summed E-state index contributed by atoms with van der Waals surface area (Å²) >= 11 is 0. The monoisotopic (exact) mass is 1640 g/mol. The summed E-state index contributed by atoms with van der Waals surface area (Å²) in [6.45, 7) is 50.0. The third kappa shape index (κ3) is 26.1. The van der Waals surface area contributed by atoms with Crippen molar-refractivity contribution in [3.05, 3.63) is 124 Å². The fourth-order valence-corrected chi connectivity index (χ4v) is 13.9. The number of hydrogen-bond acceptors (Lipinski definition) is 23. The lowest BCUT2D eigenvalue weighted by molar-refractivity contribution is -0.152. The maximum absolute atomic E-state index is 14.0. The lowest BCUT2D eigenvalue weighted by atomic mass is 9.98. The molecule has 5 N–H and O–H groups in total. The maximum atomic E-state index is 14.0. The molecule has 0 unspecified atom stereocenters. The van der Waals surface area contributed by atoms with E-state index in [-0.39, 0.29) is 62.5 Å². The summed E-state index contributed by atoms with van der Waals surface area (Å²) in [7, 11) is 0.00310. The number of carbonyl (C=O) groups excluding carboxylic acids is 7. The number of hydrogen-bond donors (Lipinski definition) is 5. The number of aliphatic hydroxyl groups excluding tert-OH is 3. The minimum atomic E-state index is -2.47. The van der Waals surface area contributed by atoms with E-state index < -0.39 is 136 Å². The van der Waals surface area contributed by atoms with Crippen LogP contribution in [0.1, 0.15) is 219 Å². The first-order valence-corrected chi connectivity index (χ1v) is 45.3. The minimum Gasteiger partial charge on any atom is -0.543 e. The fraction of sp³-hybridized carbons (Fsp3) is 0.580. The van der Waals surface area contributed by atoms with Gasteiger partial charge in [0.25, 0.3) is 16.6 Å². The molecule has 5 aliphatic rings. The van der Waals surface area contributed by atoms with Crippen molar-refractivity contribution in [2.24, 2.45) is 17.8 Å². The predicted molar refractivity (Wildman–Crippen MR) is 452 cm³/mol. The van der Waals surface area contributed by atoms with Crippen molar-refractivity contribution < 1.29 is 105 Å². The number of cyclic esters (lactones) is 3. The molecule has 5 aliphatic heterocycles. The van der Waals surface area contributed by atoms with E-state index in [0.717, 1.165) is 0 Å². The van der Waals surface area contributed by atoms with Gasteiger partial charge in [0.2, 0.25) is 0 Å². The smallest absolute Gasteiger partial charge is 0.414 e. The zero-order valence-electron chi connectivity index (χ0n) is 73.1. The fourth-order valence-electron chi connectivity index (χ4n) is 11.8. The average molecular weight is 1640 g/mol. The van der Waals surface area contributed by atoms with Gasteiger partial charge in [-0.25, -0.2) is 24.0 Å². The number of nitrogens with one attached hydrogen (secondary N) is 1. The van der Waals surface area contributed by atoms with Gasteiger partial charge in [-0.3, -0.25) is 19.4 Å². The van der Waals surface area contributed by atoms with Crippen LogP contribution in [0.2, 0.25) is 36.3 Å². The second-order valence-corrected chi connectivity index (χ2v) is 45.7. The molecule has 636 valence electrons. The molecule has 0 aliphatic carbocycles. The zero-order valence-corrected chi connectivity index (χ0v) is 75.1. The molecule has 2 amide bonds. The first-order chi connectivity index (χ1) is 52.8. The number of ketones is 2. The van der Waals surface area contributed by atoms with Crippen molar-refractivity contribution in [1.82, 2.24) is 0 Å². The molecule has 2 fully saturated rings. The molecule has 8 rings (SSSR count). The van der Waals surface area contributed by atoms with Crippen molar-refractivity contribution in [1.29, 1.82) is 0 Å². The Balaban J connectivity index is 0.000000277. The number of carbonyl (C=O) groups is 7. The molecule has 25 nitrogen and oxygen atoms in total. The van der Waals surface area contributed by atoms with Gasteiger partial charge in [-0.1, -0.05) is 123 Å². The van der Waals surface area contributed by atoms with Gasteiger partial charge in [0, 0.05) is 62.8 Å². The number of benzene rings is 3. The van der Waals surface area contributed by atoms with E-state index in [2.05, 4.69) is 73.0 Å². The van der Waals surface area contributed by atoms with E-state index >= 15 is 0 Å². The van der Waals surface area contributed by atoms with E-state index in [1.807, 2.05) is 79.7 Å². The summed E-state index contributed by atoms with van der Waals surface area (Å²) in [6, 6.07) is 10.0. The van der Waals surface area contributed by atoms with Gasteiger partial charge in [0.1, 0.15) is 87.9 Å². The van der Waals surface area contributed by atoms with E-state index in [1.54, 1.807) is 125 Å². The standard InChI is InChI=1S/C34H53NO8Si.C34H51NO8Si.C20H25NO6/c2*1-21-17-18-25(36)29-26(40-34(9,10)41-29)16-14-15-23-19-24(35(11)31(38)42-32(3,4)5)20-27(28(23)30(37)39-22(21)2)43-44(12,13)33(6,7)8;1-11-7-8-16(23)19(25)15(22)6-4-5-13-9-14(21-3)10-17(24)18(13)20(26)27-12(11)2/h14-15,17-22,25-26,29,36H,16H2,1-13H3;14-15,17-22,26,29H,16H2,1-13H3;4-5,7-12,15,19,21-22,24-25H,6H2,1-3H3/b2*15-14+,18-17-;5-4?,8-7-/t21-,22+,25-,26+,29+;21-,22+,26+,29+;11-,12+,15+,19-/m111/s1. The quantitative estimate of drug-likeness (QED) is 0.0635. The van der Waals surface area contributed by atoms with Gasteiger partial charge >= 0.3 is 30.1 Å². The van der Waals surface area contributed by atoms with Crippen LogP contribution in [-0.2, 0) is 52.2 Å². The first kappa shape index (κ1) is 95.6. The number of ether oxygens (including phenoxy) is 9. The Labute approximate surface area is 683 Å². The number of fused-ring (bicyclic) bond motifs is 5. The van der Waals surface area contributed by atoms with Crippen molar-refractivity contribution in [3.8, 4) is 17.2 Å². The SMILES string of the molecule is CNc1cc(O)c2c(c1)C=CC[C@H](O)[C@@H](O)C(=O)/C=C\[C@@H](C)[C@H](C)OC2=O.C[C@@H]1/C=C\C(=O)[C@@H]2OC(C)(C)O[C@H]2C/C=C/c2cc(N(C)C(=O)OC(C)(C)C)cc(O[Si](C)(C)C(C)(C)C)c2C(=O)O[C@H]1C.C[C@@H]1/C=C\[C@@H](O)[C@@H]2OC(C)(C)O[C@H]2C/C=C/c2cc(N(C)C(=O)OC(C)(C)C)cc(O[Si](C)(C)C(C)(C)C)c2C(=O)O[C@H]1C. The summed E-state index contributed by atoms with van der Waals surface area (Å²) in [5, 5.41) is 43.8. The molecule has 3 aromatic rings. The van der Waals surface area contributed by atoms with Gasteiger partial charge in [-0.15, -0.1) is 0 Å². The highest BCUT2D eigenvalue weighted by atomic mass is 28.4. The first-order valence-electron chi connectivity index (χ1n) is 39.5. The number of nitrogens with zero attached hydrogens (tertiary/aromatic N) is 2. The van der Waals surface area contributed by atoms with Crippen LogP contribution in [0.15, 0.2) is 91.1 Å². The van der Waals surface area contributed by atoms with Crippen LogP contribution in [0, 0.1) is 17.8 Å². The van der Waals surface area contributed by atoms with Crippen LogP contribution in [0.3, 0.4) is 0 Å². The van der Waals surface area contributed by atoms with Crippen LogP contribution < -0.4 is 24.0 Å². The Kier molecular flexibility index (Phi) is 31.6. The van der Waals surface area contributed by atoms with Crippen LogP contribution in [0.5, 0.6) is 17.2 Å². The van der Waals surface area contributed by atoms with Crippen LogP contribution in [-0.4, -0.2) is 184 Å². The topological polar surface area (TPSA) is 320 Å². The Morgan fingerprint density at radius 2 is 0.878 bits per heavy atom. The second-order valence-electron chi connectivity index (χ2n) is 36.3.